The number of thiophene rings is 1. The third kappa shape index (κ3) is 3.86. The van der Waals surface area contributed by atoms with Crippen LogP contribution in [-0.4, -0.2) is 23.0 Å². The molecule has 0 radical (unpaired) electrons. The van der Waals surface area contributed by atoms with E-state index in [0.29, 0.717) is 23.2 Å². The van der Waals surface area contributed by atoms with Crippen LogP contribution in [0.15, 0.2) is 42.5 Å². The summed E-state index contributed by atoms with van der Waals surface area (Å²) in [6.45, 7) is 9.78. The van der Waals surface area contributed by atoms with E-state index >= 15 is 0 Å². The van der Waals surface area contributed by atoms with E-state index in [0.717, 1.165) is 40.3 Å². The molecule has 1 aromatic heterocycles. The molecule has 0 aliphatic carbocycles. The molecule has 3 heterocycles. The lowest BCUT2D eigenvalue weighted by molar-refractivity contribution is 0.121. The Kier molecular flexibility index (Phi) is 5.58. The van der Waals surface area contributed by atoms with E-state index in [4.69, 9.17) is 12.3 Å². The molecule has 32 heavy (non-hydrogen) atoms. The minimum atomic E-state index is -0.552. The zero-order chi connectivity index (χ0) is 22.4. The first-order valence-corrected chi connectivity index (χ1v) is 11.8. The van der Waals surface area contributed by atoms with E-state index in [1.54, 1.807) is 23.5 Å². The predicted octanol–water partition coefficient (Wildman–Crippen LogP) is 6.67. The molecule has 2 fully saturated rings. The molecule has 2 atom stereocenters. The molecule has 5 rings (SSSR count). The van der Waals surface area contributed by atoms with Crippen LogP contribution < -0.4 is 5.73 Å². The molecule has 2 saturated heterocycles. The topological polar surface area (TPSA) is 33.6 Å². The fourth-order valence-electron chi connectivity index (χ4n) is 5.26. The molecule has 2 aliphatic rings. The van der Waals surface area contributed by atoms with Crippen LogP contribution in [0, 0.1) is 25.1 Å². The first-order chi connectivity index (χ1) is 15.4. The van der Waals surface area contributed by atoms with Crippen molar-refractivity contribution < 1.29 is 8.78 Å². The van der Waals surface area contributed by atoms with Gasteiger partial charge in [-0.25, -0.2) is 13.6 Å². The number of hydrogen-bond donors (Lipinski definition) is 1. The van der Waals surface area contributed by atoms with Crippen molar-refractivity contribution in [3.63, 3.8) is 0 Å². The third-order valence-electron chi connectivity index (χ3n) is 6.79. The van der Waals surface area contributed by atoms with Gasteiger partial charge in [0.05, 0.1) is 6.57 Å². The summed E-state index contributed by atoms with van der Waals surface area (Å²) in [4.78, 5) is 7.71. The van der Waals surface area contributed by atoms with Crippen LogP contribution in [0.25, 0.3) is 26.4 Å². The molecule has 3 aromatic rings. The van der Waals surface area contributed by atoms with Gasteiger partial charge in [-0.1, -0.05) is 24.3 Å². The number of aryl methyl sites for hydroxylation is 1. The van der Waals surface area contributed by atoms with Gasteiger partial charge in [-0.3, -0.25) is 4.90 Å². The summed E-state index contributed by atoms with van der Waals surface area (Å²) < 4.78 is 29.4. The van der Waals surface area contributed by atoms with Gasteiger partial charge in [0, 0.05) is 45.6 Å². The average Bonchev–Trinajstić information content (AvgIpc) is 3.26. The van der Waals surface area contributed by atoms with Crippen LogP contribution >= 0.6 is 11.3 Å². The van der Waals surface area contributed by atoms with Crippen molar-refractivity contribution in [1.29, 1.82) is 0 Å². The molecule has 2 N–H and O–H groups in total. The maximum atomic E-state index is 14.9. The van der Waals surface area contributed by atoms with Gasteiger partial charge in [-0.2, -0.15) is 0 Å². The summed E-state index contributed by atoms with van der Waals surface area (Å²) in [5.41, 5.74) is 9.09. The quantitative estimate of drug-likeness (QED) is 0.451. The van der Waals surface area contributed by atoms with E-state index < -0.39 is 5.82 Å². The molecule has 0 amide bonds. The summed E-state index contributed by atoms with van der Waals surface area (Å²) in [7, 11) is 0. The zero-order valence-corrected chi connectivity index (χ0v) is 18.8. The van der Waals surface area contributed by atoms with Gasteiger partial charge in [-0.15, -0.1) is 11.3 Å². The molecule has 2 bridgehead atoms. The molecule has 2 unspecified atom stereocenters. The number of piperidine rings is 1. The molecule has 164 valence electrons. The number of hydrogen-bond acceptors (Lipinski definition) is 3. The van der Waals surface area contributed by atoms with Crippen LogP contribution in [0.4, 0.5) is 14.5 Å². The molecule has 0 saturated carbocycles. The van der Waals surface area contributed by atoms with Crippen LogP contribution in [-0.2, 0) is 6.54 Å². The van der Waals surface area contributed by atoms with Gasteiger partial charge in [0.2, 0.25) is 5.69 Å². The van der Waals surface area contributed by atoms with Gasteiger partial charge >= 0.3 is 0 Å². The van der Waals surface area contributed by atoms with E-state index in [2.05, 4.69) is 15.8 Å². The van der Waals surface area contributed by atoms with Crippen molar-refractivity contribution in [3.8, 4) is 21.6 Å². The third-order valence-corrected chi connectivity index (χ3v) is 7.94. The van der Waals surface area contributed by atoms with E-state index in [1.165, 1.54) is 31.0 Å². The molecule has 6 heteroatoms. The van der Waals surface area contributed by atoms with Crippen molar-refractivity contribution in [1.82, 2.24) is 4.90 Å². The van der Waals surface area contributed by atoms with E-state index in [1.807, 2.05) is 13.0 Å². The Bertz CT molecular complexity index is 1200. The highest BCUT2D eigenvalue weighted by Crippen LogP contribution is 2.44. The highest BCUT2D eigenvalue weighted by atomic mass is 32.1. The Labute approximate surface area is 191 Å². The number of fused-ring (bicyclic) bond motifs is 2. The number of nitrogens with two attached hydrogens (primary N) is 1. The summed E-state index contributed by atoms with van der Waals surface area (Å²) in [6.07, 6.45) is 4.41. The summed E-state index contributed by atoms with van der Waals surface area (Å²) in [6, 6.07) is 13.2. The minimum absolute atomic E-state index is 0.00602. The fraction of sp³-hybridized carbons (Fsp3) is 0.346. The van der Waals surface area contributed by atoms with Gasteiger partial charge in [0.15, 0.2) is 0 Å². The summed E-state index contributed by atoms with van der Waals surface area (Å²) in [5, 5.41) is 0. The number of rotatable bonds is 4. The first-order valence-electron chi connectivity index (χ1n) is 11.0. The van der Waals surface area contributed by atoms with Gasteiger partial charge in [-0.05, 0) is 61.9 Å². The standard InChI is InChI=1S/C26H25F2N3S/c1-15-3-7-21(23(27)9-15)26-22(16-4-8-25(30-2)24(28)10-16)13-20(32-26)14-31-18-5-6-19(31)12-17(29)11-18/h3-4,7-10,13,17-19H,5-6,11-12,14,29H2,1H3. The molecule has 2 aromatic carbocycles. The average molecular weight is 450 g/mol. The lowest BCUT2D eigenvalue weighted by Crippen LogP contribution is -2.46. The van der Waals surface area contributed by atoms with Crippen molar-refractivity contribution in [2.75, 3.05) is 0 Å². The van der Waals surface area contributed by atoms with Gasteiger partial charge in [0.25, 0.3) is 0 Å². The highest BCUT2D eigenvalue weighted by molar-refractivity contribution is 7.16. The van der Waals surface area contributed by atoms with Crippen LogP contribution in [0.1, 0.15) is 36.1 Å². The molecular weight excluding hydrogens is 424 g/mol. The molecule has 0 spiro atoms. The zero-order valence-electron chi connectivity index (χ0n) is 17.9. The second-order valence-electron chi connectivity index (χ2n) is 9.01. The Hall–Kier alpha value is -2.59. The Morgan fingerprint density at radius 3 is 2.44 bits per heavy atom. The van der Waals surface area contributed by atoms with Crippen molar-refractivity contribution >= 4 is 17.0 Å². The molecular formula is C26H25F2N3S. The Morgan fingerprint density at radius 1 is 1.03 bits per heavy atom. The second-order valence-corrected chi connectivity index (χ2v) is 10.1. The maximum Gasteiger partial charge on any atom is 0.222 e. The van der Waals surface area contributed by atoms with Crippen molar-refractivity contribution in [2.24, 2.45) is 5.73 Å². The van der Waals surface area contributed by atoms with Crippen molar-refractivity contribution in [2.45, 2.75) is 57.3 Å². The van der Waals surface area contributed by atoms with Crippen molar-refractivity contribution in [3.05, 3.63) is 76.0 Å². The molecule has 3 nitrogen and oxygen atoms in total. The van der Waals surface area contributed by atoms with Crippen LogP contribution in [0.2, 0.25) is 0 Å². The largest absolute Gasteiger partial charge is 0.328 e. The molecule has 2 aliphatic heterocycles. The first kappa shape index (κ1) is 21.3. The SMILES string of the molecule is [C-]#[N+]c1ccc(-c2cc(CN3C4CCC3CC(N)C4)sc2-c2ccc(C)cc2F)cc1F. The van der Waals surface area contributed by atoms with E-state index in [-0.39, 0.29) is 17.5 Å². The van der Waals surface area contributed by atoms with Gasteiger partial charge in [0.1, 0.15) is 11.6 Å². The Balaban J connectivity index is 1.56. The Morgan fingerprint density at radius 2 is 1.78 bits per heavy atom. The minimum Gasteiger partial charge on any atom is -0.328 e. The number of benzene rings is 2. The summed E-state index contributed by atoms with van der Waals surface area (Å²) in [5.74, 6) is -0.828. The smallest absolute Gasteiger partial charge is 0.222 e. The normalized spacial score (nSPS) is 22.8. The fourth-order valence-corrected chi connectivity index (χ4v) is 6.47. The van der Waals surface area contributed by atoms with E-state index in [9.17, 15) is 8.78 Å². The maximum absolute atomic E-state index is 14.9. The highest BCUT2D eigenvalue weighted by Gasteiger charge is 2.39. The monoisotopic (exact) mass is 449 g/mol. The number of halogens is 2. The lowest BCUT2D eigenvalue weighted by Gasteiger charge is -2.37. The second kappa shape index (κ2) is 8.40. The predicted molar refractivity (Wildman–Crippen MR) is 126 cm³/mol. The lowest BCUT2D eigenvalue weighted by atomic mass is 9.98. The number of nitrogens with zero attached hydrogens (tertiary/aromatic N) is 2. The van der Waals surface area contributed by atoms with Gasteiger partial charge < -0.3 is 5.73 Å². The summed E-state index contributed by atoms with van der Waals surface area (Å²) >= 11 is 1.57. The van der Waals surface area contributed by atoms with Crippen LogP contribution in [0.5, 0.6) is 0 Å². The van der Waals surface area contributed by atoms with Crippen LogP contribution in [0.3, 0.4) is 0 Å².